The molecule has 1 aliphatic rings. The molecule has 0 aromatic carbocycles. The molecule has 0 saturated carbocycles. The van der Waals surface area contributed by atoms with Crippen molar-refractivity contribution in [3.8, 4) is 0 Å². The summed E-state index contributed by atoms with van der Waals surface area (Å²) in [6.07, 6.45) is 2.54. The van der Waals surface area contributed by atoms with Crippen molar-refractivity contribution in [2.45, 2.75) is 553 Å². The number of hydrogen-bond acceptors (Lipinski definition) is 22. The van der Waals surface area contributed by atoms with Gasteiger partial charge < -0.3 is 91.5 Å². The molecule has 0 aromatic rings. The third-order valence-electron chi connectivity index (χ3n) is 10.9. The summed E-state index contributed by atoms with van der Waals surface area (Å²) in [6.45, 7) is 96.2. The Kier molecular flexibility index (Phi) is 317. The van der Waals surface area contributed by atoms with E-state index >= 15 is 0 Å². The van der Waals surface area contributed by atoms with E-state index in [2.05, 4.69) is 249 Å². The van der Waals surface area contributed by atoms with Crippen molar-refractivity contribution in [1.29, 1.82) is 0 Å². The van der Waals surface area contributed by atoms with Gasteiger partial charge in [0.15, 0.2) is 62.6 Å². The fourth-order valence-corrected chi connectivity index (χ4v) is 85.6. The minimum atomic E-state index is -2.12. The largest absolute Gasteiger partial charge is 0.444 e. The second-order valence-electron chi connectivity index (χ2n) is 28.6. The molecule has 1 aliphatic heterocycles. The average Bonchev–Trinajstić information content (AvgIpc) is 0.853. The van der Waals surface area contributed by atoms with Crippen molar-refractivity contribution in [2.24, 2.45) is 0 Å². The second kappa shape index (κ2) is 152. The summed E-state index contributed by atoms with van der Waals surface area (Å²) in [5, 5.41) is 0. The van der Waals surface area contributed by atoms with Gasteiger partial charge in [-0.25, -0.2) is 0 Å². The first-order valence-corrected chi connectivity index (χ1v) is 102. The third kappa shape index (κ3) is 216. The van der Waals surface area contributed by atoms with Crippen molar-refractivity contribution in [3.63, 3.8) is 0 Å². The van der Waals surface area contributed by atoms with Gasteiger partial charge in [0.2, 0.25) is 0 Å². The van der Waals surface area contributed by atoms with Crippen molar-refractivity contribution in [1.82, 2.24) is 0 Å². The summed E-state index contributed by atoms with van der Waals surface area (Å²) in [6, 6.07) is 1.33. The van der Waals surface area contributed by atoms with Crippen LogP contribution in [0.3, 0.4) is 0 Å². The van der Waals surface area contributed by atoms with Gasteiger partial charge in [-0.3, -0.25) is 0 Å². The first-order chi connectivity index (χ1) is 44.7. The van der Waals surface area contributed by atoms with Crippen molar-refractivity contribution >= 4 is 235 Å². The monoisotopic (exact) mass is 2460 g/mol. The predicted octanol–water partition coefficient (Wildman–Crippen LogP) is 31.2. The normalized spacial score (nSPS) is 12.8. The average molecular weight is 2470 g/mol. The van der Waals surface area contributed by atoms with Crippen LogP contribution in [0.25, 0.3) is 0 Å². The first-order valence-electron chi connectivity index (χ1n) is 36.9. The summed E-state index contributed by atoms with van der Waals surface area (Å²) in [5.41, 5.74) is 0. The van der Waals surface area contributed by atoms with Crippen molar-refractivity contribution < 1.29 is 124 Å². The quantitative estimate of drug-likeness (QED) is 0.0527. The van der Waals surface area contributed by atoms with Gasteiger partial charge in [0.05, 0.1) is 0 Å². The van der Waals surface area contributed by atoms with Crippen LogP contribution < -0.4 is 0 Å². The Bertz CT molecular complexity index is 1820. The van der Waals surface area contributed by atoms with Crippen LogP contribution in [0, 0.1) is 0 Å². The van der Waals surface area contributed by atoms with Gasteiger partial charge in [-0.05, 0) is 255 Å². The SMILES string of the molecule is C.C.C.C.C.C.C.C.C.C.C.C.C.C.C.C.C.C.C.C.C.C.C.C.C.C.C.C.C.C.C.C.CC.CC.CO[SiH](C)O[Si](C)(C)O[SiH](C)C.CO[SiH](C)O[Si](C)(C)O[Si](C)(C)C.C[SiH2]O[SiH](C)O[Si](C)(C)O[SiH2]C.C[SiH2]O[Si](C)O[Si](C)(C)O[SiH](C)O[SiH2]C.C[SiH](C)O[SiH](C)O[Si](C)(C)O[SiH](C)C.C[SiH](C)O[SiH](C)O[Si](C)(C)O[Si](C)(C)O[SiH](C)C.C[SiH]1CCCCO[Si](C)(C)O1.[Y]. The van der Waals surface area contributed by atoms with Crippen molar-refractivity contribution in [3.05, 3.63) is 0 Å². The Morgan fingerprint density at radius 2 is 0.553 bits per heavy atom. The van der Waals surface area contributed by atoms with Gasteiger partial charge in [0.1, 0.15) is 39.1 Å². The summed E-state index contributed by atoms with van der Waals surface area (Å²) in [7, 11) is -30.1. The van der Waals surface area contributed by atoms with Crippen LogP contribution in [-0.4, -0.2) is 256 Å². The van der Waals surface area contributed by atoms with E-state index in [1.54, 1.807) is 14.2 Å². The Balaban J connectivity index is -0.0000000180. The molecular formula is C83H297O22Si26Y. The molecule has 2 radical (unpaired) electrons. The molecule has 1 rings (SSSR count). The van der Waals surface area contributed by atoms with E-state index in [0.717, 1.165) is 6.61 Å². The van der Waals surface area contributed by atoms with Crippen LogP contribution in [0.1, 0.15) is 278 Å². The fraction of sp³-hybridized carbons (Fsp3) is 1.00. The van der Waals surface area contributed by atoms with Crippen LogP contribution in [0.15, 0.2) is 0 Å². The molecule has 868 valence electrons. The summed E-state index contributed by atoms with van der Waals surface area (Å²) < 4.78 is 127. The molecule has 0 spiro atoms. The molecule has 1 heterocycles. The second-order valence-corrected chi connectivity index (χ2v) is 98.3. The minimum absolute atomic E-state index is 0. The first kappa shape index (κ1) is 275. The predicted molar refractivity (Wildman–Crippen MR) is 711 cm³/mol. The molecule has 49 heteroatoms. The summed E-state index contributed by atoms with van der Waals surface area (Å²) >= 11 is 0. The standard InChI is InChI=1S/C9H30O4Si5.C7H24O3Si4.C7H22O3Si3.C7H18O2Si2.C6H23O4Si5.C6H20O3Si3.C5H20O3Si4.2C2H6.32CH4.Y/c1-14(2)10-16(5)12-18(8,9)13-17(6,7)11-15(3)4;1-11(2)8-13(5)10-14(6,7)9-12(3)4;1-8-11(2)9-13(6,7)10-12(3,4)5;1-10-7-5-4-6-8-11(2,3)9-10;1-11-7-13(3)9-15(5,6)10-14(4)8-12-2;1-7-11(4)9-12(5,6)8-10(2)3;1-9-6-11(3)8-12(4,5)7-10-2;2*1-2;;;;;;;;;;;;;;;;;;;;;;;;;;;;;;;;;/h14-16H,1-9H3;11-13H,1-7H3;11H,1-7H3;10H,4-7H2,1-3H3;13H,11-12H2,1-6H3;10-11H,1-6H3;11H,9-10H2,1-5H3;2*1-2H3;32*1H4;. The zero-order valence-electron chi connectivity index (χ0n) is 74.1. The molecule has 1 saturated heterocycles. The number of rotatable bonds is 38. The summed E-state index contributed by atoms with van der Waals surface area (Å²) in [5.74, 6) is 0. The maximum Gasteiger partial charge on any atom is 0.360 e. The third-order valence-corrected chi connectivity index (χ3v) is 84.3. The maximum absolute atomic E-state index is 6.23. The molecule has 22 nitrogen and oxygen atoms in total. The van der Waals surface area contributed by atoms with E-state index in [4.69, 9.17) is 91.5 Å². The number of hydrogen-bond donors (Lipinski definition) is 0. The Labute approximate surface area is 923 Å². The molecule has 0 amide bonds. The molecule has 1 fully saturated rings. The van der Waals surface area contributed by atoms with E-state index in [1.807, 2.05) is 47.3 Å². The van der Waals surface area contributed by atoms with Crippen LogP contribution >= 0.6 is 0 Å². The Morgan fingerprint density at radius 3 is 0.803 bits per heavy atom. The van der Waals surface area contributed by atoms with Crippen LogP contribution in [0.5, 0.6) is 0 Å². The van der Waals surface area contributed by atoms with Gasteiger partial charge in [-0.2, -0.15) is 0 Å². The Hall–Kier alpha value is 5.86. The van der Waals surface area contributed by atoms with E-state index in [0.29, 0.717) is 0 Å². The molecular weight excluding hydrogens is 2170 g/mol. The van der Waals surface area contributed by atoms with Gasteiger partial charge >= 0.3 is 96.3 Å². The van der Waals surface area contributed by atoms with E-state index in [9.17, 15) is 0 Å². The molecule has 0 aliphatic carbocycles. The smallest absolute Gasteiger partial charge is 0.360 e. The molecule has 0 bridgehead atoms. The van der Waals surface area contributed by atoms with Crippen molar-refractivity contribution in [2.75, 3.05) is 20.8 Å². The zero-order valence-corrected chi connectivity index (χ0v) is 106. The van der Waals surface area contributed by atoms with Crippen LogP contribution in [-0.2, 0) is 124 Å². The topological polar surface area (TPSA) is 203 Å². The van der Waals surface area contributed by atoms with Crippen LogP contribution in [0.4, 0.5) is 0 Å². The molecule has 0 aromatic heterocycles. The molecule has 0 N–H and O–H groups in total. The minimum Gasteiger partial charge on any atom is -0.444 e. The van der Waals surface area contributed by atoms with Gasteiger partial charge in [-0.1, -0.05) is 298 Å². The van der Waals surface area contributed by atoms with E-state index in [-0.39, 0.29) is 309 Å². The maximum atomic E-state index is 6.23. The van der Waals surface area contributed by atoms with E-state index < -0.39 is 196 Å². The van der Waals surface area contributed by atoms with Gasteiger partial charge in [0.25, 0.3) is 37.1 Å². The zero-order chi connectivity index (χ0) is 80.2. The Morgan fingerprint density at radius 1 is 0.311 bits per heavy atom. The fourth-order valence-electron chi connectivity index (χ4n) is 9.43. The molecule has 7 atom stereocenters. The molecule has 132 heavy (non-hydrogen) atoms. The molecule has 7 unspecified atom stereocenters. The van der Waals surface area contributed by atoms with Crippen LogP contribution in [0.2, 0.25) is 274 Å². The van der Waals surface area contributed by atoms with Gasteiger partial charge in [-0.15, -0.1) is 0 Å². The summed E-state index contributed by atoms with van der Waals surface area (Å²) in [4.78, 5) is 0. The van der Waals surface area contributed by atoms with Gasteiger partial charge in [0, 0.05) is 53.5 Å². The van der Waals surface area contributed by atoms with E-state index in [1.165, 1.54) is 18.9 Å².